The quantitative estimate of drug-likeness (QED) is 0.588. The summed E-state index contributed by atoms with van der Waals surface area (Å²) >= 11 is 0. The first-order valence-corrected chi connectivity index (χ1v) is 7.89. The van der Waals surface area contributed by atoms with Crippen LogP contribution in [0.1, 0.15) is 11.1 Å². The number of nitrogens with zero attached hydrogens (tertiary/aromatic N) is 4. The number of nitrogens with one attached hydrogen (secondary N) is 1. The van der Waals surface area contributed by atoms with E-state index in [1.165, 1.54) is 6.20 Å². The van der Waals surface area contributed by atoms with Gasteiger partial charge < -0.3 is 15.5 Å². The molecule has 0 bridgehead atoms. The van der Waals surface area contributed by atoms with Gasteiger partial charge in [0.1, 0.15) is 5.75 Å². The van der Waals surface area contributed by atoms with E-state index in [0.29, 0.717) is 22.8 Å². The van der Waals surface area contributed by atoms with Gasteiger partial charge in [-0.15, -0.1) is 0 Å². The zero-order valence-electron chi connectivity index (χ0n) is 13.9. The maximum Gasteiger partial charge on any atom is 0.238 e. The third kappa shape index (κ3) is 2.91. The number of ether oxygens (including phenoxy) is 1. The van der Waals surface area contributed by atoms with Gasteiger partial charge in [0.05, 0.1) is 28.9 Å². The summed E-state index contributed by atoms with van der Waals surface area (Å²) in [6, 6.07) is 14.8. The predicted molar refractivity (Wildman–Crippen MR) is 97.5 cm³/mol. The molecule has 0 aliphatic rings. The minimum atomic E-state index is 0.249. The van der Waals surface area contributed by atoms with Crippen molar-refractivity contribution in [3.63, 3.8) is 0 Å². The lowest BCUT2D eigenvalue weighted by Gasteiger charge is -2.07. The lowest BCUT2D eigenvalue weighted by Crippen LogP contribution is -2.00. The van der Waals surface area contributed by atoms with E-state index in [1.54, 1.807) is 24.3 Å². The molecule has 0 fully saturated rings. The third-order valence-electron chi connectivity index (χ3n) is 3.83. The first kappa shape index (κ1) is 15.6. The van der Waals surface area contributed by atoms with Crippen LogP contribution in [0.15, 0.2) is 48.7 Å². The Morgan fingerprint density at radius 2 is 2.04 bits per heavy atom. The van der Waals surface area contributed by atoms with E-state index in [-0.39, 0.29) is 11.7 Å². The summed E-state index contributed by atoms with van der Waals surface area (Å²) in [5, 5.41) is 8.98. The molecule has 0 amide bonds. The Morgan fingerprint density at radius 1 is 1.15 bits per heavy atom. The molecule has 0 aliphatic heterocycles. The molecule has 3 N–H and O–H groups in total. The number of benzene rings is 2. The summed E-state index contributed by atoms with van der Waals surface area (Å²) in [7, 11) is 0. The van der Waals surface area contributed by atoms with Crippen LogP contribution in [-0.4, -0.2) is 19.9 Å². The van der Waals surface area contributed by atoms with Gasteiger partial charge in [-0.25, -0.2) is 15.0 Å². The fraction of sp³-hybridized carbons (Fsp3) is 0.0526. The van der Waals surface area contributed by atoms with Crippen molar-refractivity contribution < 1.29 is 4.74 Å². The van der Waals surface area contributed by atoms with Crippen LogP contribution in [0, 0.1) is 18.3 Å². The molecule has 2 aromatic heterocycles. The minimum Gasteiger partial charge on any atom is -0.437 e. The van der Waals surface area contributed by atoms with Crippen LogP contribution in [0.25, 0.3) is 22.6 Å². The topological polar surface area (TPSA) is 114 Å². The van der Waals surface area contributed by atoms with Crippen LogP contribution in [0.2, 0.25) is 0 Å². The number of fused-ring (bicyclic) bond motifs is 1. The summed E-state index contributed by atoms with van der Waals surface area (Å²) in [5.41, 5.74) is 9.73. The number of anilines is 1. The Labute approximate surface area is 149 Å². The first-order valence-electron chi connectivity index (χ1n) is 7.89. The second kappa shape index (κ2) is 6.18. The van der Waals surface area contributed by atoms with Crippen LogP contribution < -0.4 is 10.5 Å². The average Bonchev–Trinajstić information content (AvgIpc) is 3.06. The highest BCUT2D eigenvalue weighted by Crippen LogP contribution is 2.27. The molecule has 0 spiro atoms. The van der Waals surface area contributed by atoms with Gasteiger partial charge in [-0.2, -0.15) is 5.26 Å². The van der Waals surface area contributed by atoms with Crippen molar-refractivity contribution in [1.29, 1.82) is 5.26 Å². The number of imidazole rings is 1. The van der Waals surface area contributed by atoms with Gasteiger partial charge in [0.15, 0.2) is 17.3 Å². The number of nitrogens with two attached hydrogens (primary N) is 1. The summed E-state index contributed by atoms with van der Waals surface area (Å²) in [4.78, 5) is 16.3. The molecule has 0 saturated carbocycles. The van der Waals surface area contributed by atoms with E-state index in [0.717, 1.165) is 16.6 Å². The fourth-order valence-electron chi connectivity index (χ4n) is 2.59. The second-order valence-electron chi connectivity index (χ2n) is 5.79. The molecule has 0 unspecified atom stereocenters. The molecular weight excluding hydrogens is 328 g/mol. The molecule has 126 valence electrons. The highest BCUT2D eigenvalue weighted by molar-refractivity contribution is 5.81. The average molecular weight is 342 g/mol. The summed E-state index contributed by atoms with van der Waals surface area (Å²) in [6.07, 6.45) is 1.44. The lowest BCUT2D eigenvalue weighted by atomic mass is 10.2. The lowest BCUT2D eigenvalue weighted by molar-refractivity contribution is 0.461. The summed E-state index contributed by atoms with van der Waals surface area (Å²) in [5.74, 6) is 1.53. The molecule has 4 aromatic rings. The second-order valence-corrected chi connectivity index (χ2v) is 5.79. The Bertz CT molecular complexity index is 1160. The predicted octanol–water partition coefficient (Wildman–Crippen LogP) is 3.57. The molecular formula is C19H14N6O. The number of H-pyrrole nitrogens is 1. The van der Waals surface area contributed by atoms with Crippen molar-refractivity contribution in [2.24, 2.45) is 0 Å². The van der Waals surface area contributed by atoms with Crippen LogP contribution in [-0.2, 0) is 0 Å². The van der Waals surface area contributed by atoms with E-state index in [4.69, 9.17) is 15.7 Å². The molecule has 7 nitrogen and oxygen atoms in total. The van der Waals surface area contributed by atoms with Crippen molar-refractivity contribution >= 4 is 16.9 Å². The molecule has 2 aromatic carbocycles. The van der Waals surface area contributed by atoms with E-state index in [1.807, 2.05) is 25.1 Å². The summed E-state index contributed by atoms with van der Waals surface area (Å²) < 4.78 is 5.71. The zero-order chi connectivity index (χ0) is 18.1. The van der Waals surface area contributed by atoms with E-state index < -0.39 is 0 Å². The van der Waals surface area contributed by atoms with Crippen molar-refractivity contribution in [3.8, 4) is 29.2 Å². The molecule has 26 heavy (non-hydrogen) atoms. The Hall–Kier alpha value is -3.92. The molecule has 0 aliphatic carbocycles. The van der Waals surface area contributed by atoms with Gasteiger partial charge in [-0.3, -0.25) is 0 Å². The van der Waals surface area contributed by atoms with Crippen molar-refractivity contribution in [3.05, 3.63) is 59.8 Å². The number of aromatic nitrogens is 4. The van der Waals surface area contributed by atoms with Gasteiger partial charge in [0, 0.05) is 0 Å². The van der Waals surface area contributed by atoms with E-state index in [9.17, 15) is 0 Å². The first-order chi connectivity index (χ1) is 12.6. The SMILES string of the molecule is Cc1ccc2nc(-c3nc(Oc4cccc(C#N)c4)cnc3N)[nH]c2c1. The number of aryl methyl sites for hydroxylation is 1. The Balaban J connectivity index is 1.72. The van der Waals surface area contributed by atoms with Crippen LogP contribution in [0.4, 0.5) is 5.82 Å². The van der Waals surface area contributed by atoms with Gasteiger partial charge in [0.25, 0.3) is 0 Å². The van der Waals surface area contributed by atoms with Gasteiger partial charge >= 0.3 is 0 Å². The standard InChI is InChI=1S/C19H14N6O/c1-11-5-6-14-15(7-11)24-19(23-14)17-18(21)22-10-16(25-17)26-13-4-2-3-12(8-13)9-20/h2-8,10H,1H3,(H2,21,22)(H,23,24). The molecule has 7 heteroatoms. The fourth-order valence-corrected chi connectivity index (χ4v) is 2.59. The van der Waals surface area contributed by atoms with Crippen LogP contribution >= 0.6 is 0 Å². The maximum atomic E-state index is 8.98. The molecule has 0 radical (unpaired) electrons. The largest absolute Gasteiger partial charge is 0.437 e. The van der Waals surface area contributed by atoms with Gasteiger partial charge in [-0.1, -0.05) is 12.1 Å². The monoisotopic (exact) mass is 342 g/mol. The number of nitriles is 1. The highest BCUT2D eigenvalue weighted by Gasteiger charge is 2.13. The molecule has 0 saturated heterocycles. The van der Waals surface area contributed by atoms with Crippen molar-refractivity contribution in [1.82, 2.24) is 19.9 Å². The highest BCUT2D eigenvalue weighted by atomic mass is 16.5. The van der Waals surface area contributed by atoms with Gasteiger partial charge in [0.2, 0.25) is 5.88 Å². The Kier molecular flexibility index (Phi) is 3.71. The van der Waals surface area contributed by atoms with Crippen LogP contribution in [0.3, 0.4) is 0 Å². The molecule has 2 heterocycles. The van der Waals surface area contributed by atoms with Crippen molar-refractivity contribution in [2.45, 2.75) is 6.92 Å². The maximum absolute atomic E-state index is 8.98. The Morgan fingerprint density at radius 3 is 2.88 bits per heavy atom. The number of aromatic amines is 1. The number of rotatable bonds is 3. The molecule has 0 atom stereocenters. The van der Waals surface area contributed by atoms with E-state index in [2.05, 4.69) is 26.0 Å². The van der Waals surface area contributed by atoms with E-state index >= 15 is 0 Å². The number of nitrogen functional groups attached to an aromatic ring is 1. The summed E-state index contributed by atoms with van der Waals surface area (Å²) in [6.45, 7) is 2.01. The number of hydrogen-bond donors (Lipinski definition) is 2. The minimum absolute atomic E-state index is 0.249. The van der Waals surface area contributed by atoms with Crippen LogP contribution in [0.5, 0.6) is 11.6 Å². The number of hydrogen-bond acceptors (Lipinski definition) is 6. The normalized spacial score (nSPS) is 10.6. The smallest absolute Gasteiger partial charge is 0.238 e. The molecule has 4 rings (SSSR count). The van der Waals surface area contributed by atoms with Gasteiger partial charge in [-0.05, 0) is 42.8 Å². The third-order valence-corrected chi connectivity index (χ3v) is 3.83. The zero-order valence-corrected chi connectivity index (χ0v) is 13.9. The van der Waals surface area contributed by atoms with Crippen molar-refractivity contribution in [2.75, 3.05) is 5.73 Å².